The van der Waals surface area contributed by atoms with Crippen molar-refractivity contribution in [2.24, 2.45) is 0 Å². The summed E-state index contributed by atoms with van der Waals surface area (Å²) in [6.45, 7) is 3.55. The topological polar surface area (TPSA) is 67.8 Å². The van der Waals surface area contributed by atoms with Crippen molar-refractivity contribution >= 4 is 23.3 Å². The molecule has 0 atom stereocenters. The van der Waals surface area contributed by atoms with Crippen LogP contribution in [0.1, 0.15) is 21.9 Å². The van der Waals surface area contributed by atoms with Crippen molar-refractivity contribution in [2.45, 2.75) is 13.8 Å². The molecule has 2 heterocycles. The Bertz CT molecular complexity index is 600. The second kappa shape index (κ2) is 5.10. The number of rotatable bonds is 2. The zero-order chi connectivity index (χ0) is 13.1. The SMILES string of the molecule is Cc1ncc(Cl)c(C(=O)Nc2ncccc2C)n1. The molecule has 0 spiro atoms. The highest BCUT2D eigenvalue weighted by atomic mass is 35.5. The van der Waals surface area contributed by atoms with Gasteiger partial charge in [-0.3, -0.25) is 4.79 Å². The van der Waals surface area contributed by atoms with E-state index in [9.17, 15) is 4.79 Å². The Hall–Kier alpha value is -2.01. The molecule has 1 amide bonds. The van der Waals surface area contributed by atoms with E-state index in [-0.39, 0.29) is 10.7 Å². The number of carbonyl (C=O) groups is 1. The van der Waals surface area contributed by atoms with Crippen LogP contribution in [-0.2, 0) is 0 Å². The lowest BCUT2D eigenvalue weighted by Gasteiger charge is -2.07. The van der Waals surface area contributed by atoms with E-state index in [1.807, 2.05) is 13.0 Å². The molecule has 0 aliphatic rings. The first-order valence-corrected chi connectivity index (χ1v) is 5.68. The fourth-order valence-electron chi connectivity index (χ4n) is 1.40. The van der Waals surface area contributed by atoms with Gasteiger partial charge in [-0.1, -0.05) is 17.7 Å². The van der Waals surface area contributed by atoms with Crippen LogP contribution in [0.4, 0.5) is 5.82 Å². The Morgan fingerprint density at radius 3 is 2.83 bits per heavy atom. The van der Waals surface area contributed by atoms with Crippen LogP contribution in [0.3, 0.4) is 0 Å². The van der Waals surface area contributed by atoms with E-state index in [1.165, 1.54) is 6.20 Å². The second-order valence-electron chi connectivity index (χ2n) is 3.74. The number of hydrogen-bond donors (Lipinski definition) is 1. The van der Waals surface area contributed by atoms with E-state index >= 15 is 0 Å². The third-order valence-electron chi connectivity index (χ3n) is 2.32. The Kier molecular flexibility index (Phi) is 3.53. The molecule has 0 aliphatic heterocycles. The normalized spacial score (nSPS) is 10.2. The number of pyridine rings is 1. The lowest BCUT2D eigenvalue weighted by molar-refractivity contribution is 0.102. The number of anilines is 1. The summed E-state index contributed by atoms with van der Waals surface area (Å²) in [5.74, 6) is 0.587. The van der Waals surface area contributed by atoms with Gasteiger partial charge < -0.3 is 5.32 Å². The van der Waals surface area contributed by atoms with E-state index in [0.29, 0.717) is 11.6 Å². The molecular weight excluding hydrogens is 252 g/mol. The molecule has 0 fully saturated rings. The van der Waals surface area contributed by atoms with Crippen LogP contribution in [0, 0.1) is 13.8 Å². The van der Waals surface area contributed by atoms with Crippen molar-refractivity contribution in [3.8, 4) is 0 Å². The quantitative estimate of drug-likeness (QED) is 0.902. The van der Waals surface area contributed by atoms with Crippen LogP contribution in [0.25, 0.3) is 0 Å². The van der Waals surface area contributed by atoms with Gasteiger partial charge in [0.15, 0.2) is 5.69 Å². The first kappa shape index (κ1) is 12.4. The maximum Gasteiger partial charge on any atom is 0.277 e. The highest BCUT2D eigenvalue weighted by molar-refractivity contribution is 6.33. The number of hydrogen-bond acceptors (Lipinski definition) is 4. The first-order valence-electron chi connectivity index (χ1n) is 5.30. The molecule has 2 aromatic rings. The first-order chi connectivity index (χ1) is 8.58. The predicted molar refractivity (Wildman–Crippen MR) is 68.7 cm³/mol. The van der Waals surface area contributed by atoms with Gasteiger partial charge in [0.2, 0.25) is 0 Å². The average Bonchev–Trinajstić information content (AvgIpc) is 2.35. The second-order valence-corrected chi connectivity index (χ2v) is 4.14. The van der Waals surface area contributed by atoms with Crippen LogP contribution in [0.5, 0.6) is 0 Å². The van der Waals surface area contributed by atoms with Crippen molar-refractivity contribution in [1.82, 2.24) is 15.0 Å². The zero-order valence-electron chi connectivity index (χ0n) is 9.94. The molecule has 0 saturated carbocycles. The predicted octanol–water partition coefficient (Wildman–Crippen LogP) is 2.39. The molecule has 92 valence electrons. The van der Waals surface area contributed by atoms with Crippen molar-refractivity contribution < 1.29 is 4.79 Å². The molecule has 6 heteroatoms. The monoisotopic (exact) mass is 262 g/mol. The maximum absolute atomic E-state index is 12.0. The minimum Gasteiger partial charge on any atom is -0.305 e. The Labute approximate surface area is 109 Å². The van der Waals surface area contributed by atoms with Crippen molar-refractivity contribution in [1.29, 1.82) is 0 Å². The average molecular weight is 263 g/mol. The van der Waals surface area contributed by atoms with E-state index in [4.69, 9.17) is 11.6 Å². The smallest absolute Gasteiger partial charge is 0.277 e. The Balaban J connectivity index is 2.28. The Morgan fingerprint density at radius 2 is 2.11 bits per heavy atom. The lowest BCUT2D eigenvalue weighted by Crippen LogP contribution is -2.16. The summed E-state index contributed by atoms with van der Waals surface area (Å²) in [4.78, 5) is 24.0. The third kappa shape index (κ3) is 2.62. The van der Waals surface area contributed by atoms with Crippen LogP contribution in [-0.4, -0.2) is 20.9 Å². The van der Waals surface area contributed by atoms with Gasteiger partial charge in [0, 0.05) is 6.20 Å². The van der Waals surface area contributed by atoms with Crippen LogP contribution >= 0.6 is 11.6 Å². The summed E-state index contributed by atoms with van der Waals surface area (Å²) < 4.78 is 0. The third-order valence-corrected chi connectivity index (χ3v) is 2.60. The number of aromatic nitrogens is 3. The molecule has 0 aliphatic carbocycles. The Morgan fingerprint density at radius 1 is 1.33 bits per heavy atom. The fourth-order valence-corrected chi connectivity index (χ4v) is 1.57. The van der Waals surface area contributed by atoms with Crippen molar-refractivity contribution in [3.63, 3.8) is 0 Å². The van der Waals surface area contributed by atoms with E-state index < -0.39 is 5.91 Å². The van der Waals surface area contributed by atoms with Crippen molar-refractivity contribution in [2.75, 3.05) is 5.32 Å². The van der Waals surface area contributed by atoms with E-state index in [2.05, 4.69) is 20.3 Å². The summed E-state index contributed by atoms with van der Waals surface area (Å²) in [5, 5.41) is 2.88. The number of halogens is 1. The summed E-state index contributed by atoms with van der Waals surface area (Å²) in [5.41, 5.74) is 1.02. The molecule has 0 unspecified atom stereocenters. The number of nitrogens with zero attached hydrogens (tertiary/aromatic N) is 3. The minimum absolute atomic E-state index is 0.147. The van der Waals surface area contributed by atoms with Gasteiger partial charge in [0.05, 0.1) is 11.2 Å². The van der Waals surface area contributed by atoms with Gasteiger partial charge in [-0.05, 0) is 25.5 Å². The van der Waals surface area contributed by atoms with Crippen LogP contribution < -0.4 is 5.32 Å². The molecule has 2 aromatic heterocycles. The molecule has 1 N–H and O–H groups in total. The molecule has 0 aromatic carbocycles. The van der Waals surface area contributed by atoms with Gasteiger partial charge >= 0.3 is 0 Å². The van der Waals surface area contributed by atoms with Gasteiger partial charge in [0.1, 0.15) is 11.6 Å². The van der Waals surface area contributed by atoms with Gasteiger partial charge in [-0.25, -0.2) is 15.0 Å². The summed E-state index contributed by atoms with van der Waals surface area (Å²) in [6, 6.07) is 3.66. The highest BCUT2D eigenvalue weighted by Crippen LogP contribution is 2.15. The number of carbonyl (C=O) groups excluding carboxylic acids is 1. The molecule has 0 bridgehead atoms. The molecule has 18 heavy (non-hydrogen) atoms. The van der Waals surface area contributed by atoms with Crippen molar-refractivity contribution in [3.05, 3.63) is 46.6 Å². The summed E-state index contributed by atoms with van der Waals surface area (Å²) in [6.07, 6.45) is 3.01. The molecule has 2 rings (SSSR count). The van der Waals surface area contributed by atoms with Crippen LogP contribution in [0.15, 0.2) is 24.5 Å². The van der Waals surface area contributed by atoms with E-state index in [0.717, 1.165) is 5.56 Å². The minimum atomic E-state index is -0.396. The van der Waals surface area contributed by atoms with Crippen LogP contribution in [0.2, 0.25) is 5.02 Å². The lowest BCUT2D eigenvalue weighted by atomic mass is 10.3. The number of aryl methyl sites for hydroxylation is 2. The summed E-state index contributed by atoms with van der Waals surface area (Å²) in [7, 11) is 0. The molecular formula is C12H11ClN4O. The number of nitrogens with one attached hydrogen (secondary N) is 1. The highest BCUT2D eigenvalue weighted by Gasteiger charge is 2.14. The number of amides is 1. The molecule has 0 saturated heterocycles. The van der Waals surface area contributed by atoms with Gasteiger partial charge in [0.25, 0.3) is 5.91 Å². The zero-order valence-corrected chi connectivity index (χ0v) is 10.7. The largest absolute Gasteiger partial charge is 0.305 e. The maximum atomic E-state index is 12.0. The van der Waals surface area contributed by atoms with E-state index in [1.54, 1.807) is 19.2 Å². The van der Waals surface area contributed by atoms with Gasteiger partial charge in [-0.2, -0.15) is 0 Å². The molecule has 0 radical (unpaired) electrons. The summed E-state index contributed by atoms with van der Waals surface area (Å²) >= 11 is 5.89. The molecule has 5 nitrogen and oxygen atoms in total. The fraction of sp³-hybridized carbons (Fsp3) is 0.167. The standard InChI is InChI=1S/C12H11ClN4O/c1-7-4-3-5-14-11(7)17-12(18)10-9(13)6-15-8(2)16-10/h3-6H,1-2H3,(H,14,17,18). The van der Waals surface area contributed by atoms with Gasteiger partial charge in [-0.15, -0.1) is 0 Å².